The van der Waals surface area contributed by atoms with Crippen molar-refractivity contribution in [1.82, 2.24) is 0 Å². The molecule has 29 heavy (non-hydrogen) atoms. The highest BCUT2D eigenvalue weighted by Crippen LogP contribution is 2.75. The van der Waals surface area contributed by atoms with Gasteiger partial charge in [-0.25, -0.2) is 0 Å². The number of hydrogen-bond donors (Lipinski definition) is 0. The van der Waals surface area contributed by atoms with Gasteiger partial charge in [-0.1, -0.05) is 27.7 Å². The number of rotatable bonds is 5. The smallest absolute Gasteiger partial charge is 0.302 e. The third-order valence-corrected chi connectivity index (χ3v) is 10.2. The molecule has 0 N–H and O–H groups in total. The molecule has 3 aliphatic carbocycles. The fraction of sp³-hybridized carbons (Fsp3) is 0.880. The van der Waals surface area contributed by atoms with Crippen molar-refractivity contribution < 1.29 is 19.1 Å². The van der Waals surface area contributed by atoms with Gasteiger partial charge < -0.3 is 9.53 Å². The van der Waals surface area contributed by atoms with Crippen LogP contribution in [0.1, 0.15) is 99.8 Å². The van der Waals surface area contributed by atoms with Crippen LogP contribution in [0.3, 0.4) is 0 Å². The monoisotopic (exact) mass is 404 g/mol. The zero-order valence-corrected chi connectivity index (χ0v) is 19.5. The second-order valence-electron chi connectivity index (χ2n) is 11.3. The summed E-state index contributed by atoms with van der Waals surface area (Å²) in [5.41, 5.74) is -0.351. The summed E-state index contributed by atoms with van der Waals surface area (Å²) in [4.78, 5) is 36.6. The van der Waals surface area contributed by atoms with Crippen LogP contribution in [0, 0.1) is 33.5 Å². The van der Waals surface area contributed by atoms with E-state index in [2.05, 4.69) is 34.6 Å². The molecule has 0 aliphatic heterocycles. The summed E-state index contributed by atoms with van der Waals surface area (Å²) in [7, 11) is 0. The minimum absolute atomic E-state index is 0.0597. The number of esters is 1. The van der Waals surface area contributed by atoms with Crippen molar-refractivity contribution in [2.24, 2.45) is 33.5 Å². The quantitative estimate of drug-likeness (QED) is 0.566. The highest BCUT2D eigenvalue weighted by atomic mass is 16.5. The molecular formula is C25H40O4. The van der Waals surface area contributed by atoms with Crippen LogP contribution in [0.4, 0.5) is 0 Å². The largest absolute Gasteiger partial charge is 0.463 e. The van der Waals surface area contributed by atoms with Crippen molar-refractivity contribution in [3.05, 3.63) is 0 Å². The molecule has 3 fully saturated rings. The fourth-order valence-corrected chi connectivity index (χ4v) is 8.13. The number of fused-ring (bicyclic) bond motifs is 3. The zero-order chi connectivity index (χ0) is 21.8. The summed E-state index contributed by atoms with van der Waals surface area (Å²) in [5, 5.41) is 0. The Balaban J connectivity index is 1.97. The van der Waals surface area contributed by atoms with Crippen molar-refractivity contribution >= 4 is 17.5 Å². The normalized spacial score (nSPS) is 45.3. The molecule has 0 bridgehead atoms. The summed E-state index contributed by atoms with van der Waals surface area (Å²) in [6, 6.07) is 0. The summed E-state index contributed by atoms with van der Waals surface area (Å²) in [5.74, 6) is 1.22. The van der Waals surface area contributed by atoms with E-state index >= 15 is 0 Å². The Morgan fingerprint density at radius 2 is 1.72 bits per heavy atom. The summed E-state index contributed by atoms with van der Waals surface area (Å²) >= 11 is 0. The van der Waals surface area contributed by atoms with Crippen molar-refractivity contribution in [3.8, 4) is 0 Å². The molecule has 0 radical (unpaired) electrons. The second-order valence-corrected chi connectivity index (χ2v) is 11.3. The van der Waals surface area contributed by atoms with Crippen LogP contribution in [-0.2, 0) is 19.1 Å². The zero-order valence-electron chi connectivity index (χ0n) is 19.5. The maximum atomic E-state index is 13.2. The van der Waals surface area contributed by atoms with Gasteiger partial charge in [0, 0.05) is 31.1 Å². The van der Waals surface area contributed by atoms with Crippen LogP contribution in [-0.4, -0.2) is 23.6 Å². The standard InChI is InChI=1S/C25H40O4/c1-16(26)10-12-24(6)21(28)11-13-23(5)20-9-8-19(17(2)29-18(3)27)22(20,4)14-15-25(23,24)7/h17,19-20H,8-15H2,1-7H3/t17-,19+,20+,22+,23-,24+,25+/m0/s1. The van der Waals surface area contributed by atoms with Gasteiger partial charge in [-0.3, -0.25) is 9.59 Å². The van der Waals surface area contributed by atoms with Crippen LogP contribution in [0.2, 0.25) is 0 Å². The molecule has 0 unspecified atom stereocenters. The highest BCUT2D eigenvalue weighted by Gasteiger charge is 2.70. The lowest BCUT2D eigenvalue weighted by atomic mass is 9.35. The predicted molar refractivity (Wildman–Crippen MR) is 113 cm³/mol. The number of ketones is 2. The molecule has 0 heterocycles. The molecule has 7 atom stereocenters. The van der Waals surface area contributed by atoms with Crippen molar-refractivity contribution in [1.29, 1.82) is 0 Å². The van der Waals surface area contributed by atoms with Gasteiger partial charge in [0.2, 0.25) is 0 Å². The lowest BCUT2D eigenvalue weighted by molar-refractivity contribution is -0.203. The van der Waals surface area contributed by atoms with Crippen molar-refractivity contribution in [2.45, 2.75) is 106 Å². The van der Waals surface area contributed by atoms with Gasteiger partial charge in [-0.05, 0) is 74.5 Å². The molecule has 0 saturated heterocycles. The molecule has 0 amide bonds. The van der Waals surface area contributed by atoms with Crippen LogP contribution in [0.25, 0.3) is 0 Å². The molecule has 3 rings (SSSR count). The lowest BCUT2D eigenvalue weighted by Gasteiger charge is -2.68. The highest BCUT2D eigenvalue weighted by molar-refractivity contribution is 5.87. The Bertz CT molecular complexity index is 714. The predicted octanol–water partition coefficient (Wildman–Crippen LogP) is 5.52. The first-order chi connectivity index (χ1) is 13.3. The molecule has 0 aromatic carbocycles. The van der Waals surface area contributed by atoms with E-state index in [0.717, 1.165) is 32.1 Å². The fourth-order valence-electron chi connectivity index (χ4n) is 8.13. The maximum absolute atomic E-state index is 13.2. The van der Waals surface area contributed by atoms with E-state index in [9.17, 15) is 14.4 Å². The molecule has 3 saturated carbocycles. The van der Waals surface area contributed by atoms with E-state index in [0.29, 0.717) is 36.9 Å². The van der Waals surface area contributed by atoms with Gasteiger partial charge in [0.25, 0.3) is 0 Å². The molecule has 4 heteroatoms. The molecule has 0 aromatic heterocycles. The maximum Gasteiger partial charge on any atom is 0.302 e. The number of carbonyl (C=O) groups is 3. The van der Waals surface area contributed by atoms with Gasteiger partial charge >= 0.3 is 5.97 Å². The Kier molecular flexibility index (Phi) is 5.58. The van der Waals surface area contributed by atoms with E-state index in [1.165, 1.54) is 6.92 Å². The first-order valence-corrected chi connectivity index (χ1v) is 11.5. The van der Waals surface area contributed by atoms with E-state index in [1.54, 1.807) is 6.92 Å². The minimum Gasteiger partial charge on any atom is -0.463 e. The molecular weight excluding hydrogens is 364 g/mol. The van der Waals surface area contributed by atoms with E-state index in [-0.39, 0.29) is 34.1 Å². The molecule has 0 aromatic rings. The average molecular weight is 405 g/mol. The number of carbonyl (C=O) groups excluding carboxylic acids is 3. The molecule has 4 nitrogen and oxygen atoms in total. The first-order valence-electron chi connectivity index (χ1n) is 11.5. The van der Waals surface area contributed by atoms with Gasteiger partial charge in [0.15, 0.2) is 0 Å². The number of ether oxygens (including phenoxy) is 1. The van der Waals surface area contributed by atoms with Gasteiger partial charge in [-0.2, -0.15) is 0 Å². The Morgan fingerprint density at radius 3 is 2.31 bits per heavy atom. The number of hydrogen-bond acceptors (Lipinski definition) is 4. The van der Waals surface area contributed by atoms with Gasteiger partial charge in [-0.15, -0.1) is 0 Å². The molecule has 0 spiro atoms. The third kappa shape index (κ3) is 3.11. The lowest BCUT2D eigenvalue weighted by Crippen LogP contribution is -2.64. The minimum atomic E-state index is -0.438. The topological polar surface area (TPSA) is 60.4 Å². The molecule has 164 valence electrons. The SMILES string of the molecule is CC(=O)CC[C@]1(C)C(=O)CC[C@@]2(C)[C@@H]3CC[C@H]([C@H](C)OC(C)=O)[C@@]3(C)CC[C@]21C. The van der Waals surface area contributed by atoms with Crippen LogP contribution in [0.15, 0.2) is 0 Å². The van der Waals surface area contributed by atoms with Crippen molar-refractivity contribution in [3.63, 3.8) is 0 Å². The summed E-state index contributed by atoms with van der Waals surface area (Å²) in [6.07, 6.45) is 6.93. The van der Waals surface area contributed by atoms with Gasteiger partial charge in [0.1, 0.15) is 17.7 Å². The second kappa shape index (κ2) is 7.20. The summed E-state index contributed by atoms with van der Waals surface area (Å²) < 4.78 is 5.63. The Labute approximate surface area is 176 Å². The van der Waals surface area contributed by atoms with Crippen LogP contribution < -0.4 is 0 Å². The Morgan fingerprint density at radius 1 is 1.07 bits per heavy atom. The first kappa shape index (κ1) is 22.5. The third-order valence-electron chi connectivity index (χ3n) is 10.2. The van der Waals surface area contributed by atoms with Crippen molar-refractivity contribution in [2.75, 3.05) is 0 Å². The Hall–Kier alpha value is -1.19. The van der Waals surface area contributed by atoms with Crippen LogP contribution in [0.5, 0.6) is 0 Å². The number of Topliss-reactive ketones (excluding diaryl/α,β-unsaturated/α-hetero) is 2. The average Bonchev–Trinajstić information content (AvgIpc) is 2.98. The van der Waals surface area contributed by atoms with Crippen LogP contribution >= 0.6 is 0 Å². The van der Waals surface area contributed by atoms with Gasteiger partial charge in [0.05, 0.1) is 0 Å². The molecule has 3 aliphatic rings. The van der Waals surface area contributed by atoms with E-state index in [4.69, 9.17) is 4.74 Å². The van der Waals surface area contributed by atoms with E-state index in [1.807, 2.05) is 0 Å². The summed E-state index contributed by atoms with van der Waals surface area (Å²) in [6.45, 7) is 14.5. The van der Waals surface area contributed by atoms with E-state index < -0.39 is 5.41 Å².